The number of aryl methyl sites for hydroxylation is 1. The van der Waals surface area contributed by atoms with Crippen LogP contribution < -0.4 is 15.5 Å². The number of allylic oxidation sites excluding steroid dienone is 1. The number of ether oxygens (including phenoxy) is 1. The quantitative estimate of drug-likeness (QED) is 0.587. The third kappa shape index (κ3) is 4.99. The lowest BCUT2D eigenvalue weighted by Crippen LogP contribution is -2.23. The summed E-state index contributed by atoms with van der Waals surface area (Å²) in [5.41, 5.74) is 2.95. The molecule has 0 amide bonds. The van der Waals surface area contributed by atoms with E-state index in [0.29, 0.717) is 5.70 Å². The summed E-state index contributed by atoms with van der Waals surface area (Å²) >= 11 is 0. The summed E-state index contributed by atoms with van der Waals surface area (Å²) < 4.78 is 7.40. The van der Waals surface area contributed by atoms with Gasteiger partial charge < -0.3 is 15.5 Å². The molecule has 3 rings (SSSR count). The number of para-hydroxylation sites is 1. The molecule has 0 aliphatic heterocycles. The van der Waals surface area contributed by atoms with Crippen LogP contribution in [0.5, 0.6) is 5.75 Å². The average molecular weight is 388 g/mol. The molecular formula is C23H24N4O2. The van der Waals surface area contributed by atoms with Crippen LogP contribution in [-0.4, -0.2) is 22.1 Å². The van der Waals surface area contributed by atoms with Crippen molar-refractivity contribution in [3.8, 4) is 11.4 Å². The van der Waals surface area contributed by atoms with E-state index in [4.69, 9.17) is 10.1 Å². The van der Waals surface area contributed by atoms with Crippen molar-refractivity contribution in [1.82, 2.24) is 9.78 Å². The van der Waals surface area contributed by atoms with E-state index in [2.05, 4.69) is 10.4 Å². The maximum Gasteiger partial charge on any atom is 0.251 e. The van der Waals surface area contributed by atoms with Gasteiger partial charge in [-0.3, -0.25) is 4.79 Å². The van der Waals surface area contributed by atoms with Crippen LogP contribution in [0.3, 0.4) is 0 Å². The summed E-state index contributed by atoms with van der Waals surface area (Å²) in [6, 6.07) is 17.3. The molecule has 0 unspecified atom stereocenters. The first kappa shape index (κ1) is 20.1. The van der Waals surface area contributed by atoms with Crippen molar-refractivity contribution in [3.05, 3.63) is 88.4 Å². The Bertz CT molecular complexity index is 1090. The zero-order valence-electron chi connectivity index (χ0n) is 16.7. The van der Waals surface area contributed by atoms with Gasteiger partial charge in [0.25, 0.3) is 5.43 Å². The molecule has 0 radical (unpaired) electrons. The molecule has 6 nitrogen and oxygen atoms in total. The molecule has 0 saturated heterocycles. The van der Waals surface area contributed by atoms with E-state index >= 15 is 0 Å². The second-order valence-corrected chi connectivity index (χ2v) is 6.86. The van der Waals surface area contributed by atoms with Gasteiger partial charge in [0.1, 0.15) is 0 Å². The third-order valence-electron chi connectivity index (χ3n) is 4.07. The van der Waals surface area contributed by atoms with Crippen molar-refractivity contribution in [1.29, 1.82) is 5.41 Å². The lowest BCUT2D eigenvalue weighted by atomic mass is 10.2. The Morgan fingerprint density at radius 3 is 2.59 bits per heavy atom. The molecule has 0 spiro atoms. The Morgan fingerprint density at radius 1 is 1.17 bits per heavy atom. The second-order valence-electron chi connectivity index (χ2n) is 6.86. The van der Waals surface area contributed by atoms with Crippen molar-refractivity contribution < 1.29 is 4.74 Å². The molecule has 2 aromatic carbocycles. The Hall–Kier alpha value is -3.67. The van der Waals surface area contributed by atoms with Crippen molar-refractivity contribution >= 4 is 17.6 Å². The van der Waals surface area contributed by atoms with Crippen LogP contribution in [0.1, 0.15) is 25.1 Å². The molecule has 0 aliphatic rings. The first-order valence-corrected chi connectivity index (χ1v) is 9.39. The molecule has 148 valence electrons. The van der Waals surface area contributed by atoms with Crippen molar-refractivity contribution in [3.63, 3.8) is 0 Å². The predicted molar refractivity (Wildman–Crippen MR) is 117 cm³/mol. The van der Waals surface area contributed by atoms with E-state index in [1.165, 1.54) is 6.08 Å². The fourth-order valence-electron chi connectivity index (χ4n) is 2.83. The highest BCUT2D eigenvalue weighted by atomic mass is 16.5. The molecule has 0 fully saturated rings. The minimum absolute atomic E-state index is 0.166. The highest BCUT2D eigenvalue weighted by molar-refractivity contribution is 5.87. The van der Waals surface area contributed by atoms with Crippen LogP contribution in [0.4, 0.5) is 5.69 Å². The van der Waals surface area contributed by atoms with Gasteiger partial charge >= 0.3 is 0 Å². The summed E-state index contributed by atoms with van der Waals surface area (Å²) in [5.74, 6) is 0.206. The second kappa shape index (κ2) is 9.01. The van der Waals surface area contributed by atoms with Crippen molar-refractivity contribution in [2.24, 2.45) is 0 Å². The van der Waals surface area contributed by atoms with Crippen LogP contribution in [-0.2, 0) is 0 Å². The van der Waals surface area contributed by atoms with Gasteiger partial charge in [0.15, 0.2) is 11.4 Å². The Morgan fingerprint density at radius 2 is 1.93 bits per heavy atom. The number of rotatable bonds is 7. The number of hydrogen-bond acceptors (Lipinski definition) is 5. The van der Waals surface area contributed by atoms with Gasteiger partial charge in [-0.15, -0.1) is 0 Å². The number of benzene rings is 2. The number of anilines is 1. The van der Waals surface area contributed by atoms with E-state index in [9.17, 15) is 4.79 Å². The molecule has 29 heavy (non-hydrogen) atoms. The Kier molecular flexibility index (Phi) is 6.24. The summed E-state index contributed by atoms with van der Waals surface area (Å²) in [6.45, 7) is 5.73. The van der Waals surface area contributed by atoms with E-state index in [1.807, 2.05) is 75.4 Å². The predicted octanol–water partition coefficient (Wildman–Crippen LogP) is 4.43. The van der Waals surface area contributed by atoms with E-state index in [1.54, 1.807) is 10.9 Å². The van der Waals surface area contributed by atoms with Crippen molar-refractivity contribution in [2.45, 2.75) is 26.9 Å². The lowest BCUT2D eigenvalue weighted by Gasteiger charge is -2.16. The monoisotopic (exact) mass is 388 g/mol. The van der Waals surface area contributed by atoms with E-state index in [-0.39, 0.29) is 23.0 Å². The van der Waals surface area contributed by atoms with Crippen LogP contribution in [0.25, 0.3) is 11.4 Å². The number of nitrogens with one attached hydrogen (secondary N) is 2. The zero-order valence-corrected chi connectivity index (χ0v) is 16.7. The molecule has 0 saturated carbocycles. The van der Waals surface area contributed by atoms with Gasteiger partial charge in [-0.05, 0) is 56.7 Å². The fraction of sp³-hybridized carbons (Fsp3) is 0.174. The van der Waals surface area contributed by atoms with Crippen LogP contribution in [0.2, 0.25) is 0 Å². The smallest absolute Gasteiger partial charge is 0.251 e. The topological polar surface area (TPSA) is 80.0 Å². The minimum atomic E-state index is -0.334. The largest absolute Gasteiger partial charge is 0.485 e. The standard InChI is InChI=1S/C23H24N4O2/c1-16(2)29-21-15-27(19-11-7-8-17(3)14-19)26-22(23(21)28)20(12-13-24)25-18-9-5-4-6-10-18/h4-16,24-25H,1-3H3/b20-12-,24-13?. The van der Waals surface area contributed by atoms with Crippen molar-refractivity contribution in [2.75, 3.05) is 5.32 Å². The van der Waals surface area contributed by atoms with Gasteiger partial charge in [0.2, 0.25) is 0 Å². The average Bonchev–Trinajstić information content (AvgIpc) is 2.70. The Labute approximate surface area is 170 Å². The zero-order chi connectivity index (χ0) is 20.8. The first-order chi connectivity index (χ1) is 14.0. The Balaban J connectivity index is 2.17. The highest BCUT2D eigenvalue weighted by Crippen LogP contribution is 2.19. The molecule has 1 aromatic heterocycles. The molecule has 0 bridgehead atoms. The molecule has 0 atom stereocenters. The molecule has 3 aromatic rings. The fourth-order valence-corrected chi connectivity index (χ4v) is 2.83. The first-order valence-electron chi connectivity index (χ1n) is 9.39. The maximum atomic E-state index is 13.1. The van der Waals surface area contributed by atoms with Gasteiger partial charge in [-0.2, -0.15) is 5.10 Å². The maximum absolute atomic E-state index is 13.1. The third-order valence-corrected chi connectivity index (χ3v) is 4.07. The number of aromatic nitrogens is 2. The summed E-state index contributed by atoms with van der Waals surface area (Å²) in [7, 11) is 0. The van der Waals surface area contributed by atoms with Crippen LogP contribution >= 0.6 is 0 Å². The molecule has 1 heterocycles. The van der Waals surface area contributed by atoms with Crippen LogP contribution in [0.15, 0.2) is 71.7 Å². The number of nitrogens with zero attached hydrogens (tertiary/aromatic N) is 2. The SMILES string of the molecule is Cc1cccc(-n2cc(OC(C)C)c(=O)c(/C(=C/C=N)Nc3ccccc3)n2)c1. The van der Waals surface area contributed by atoms with Gasteiger partial charge in [-0.25, -0.2) is 4.68 Å². The van der Waals surface area contributed by atoms with Gasteiger partial charge in [-0.1, -0.05) is 30.3 Å². The van der Waals surface area contributed by atoms with Crippen LogP contribution in [0, 0.1) is 12.3 Å². The molecule has 6 heteroatoms. The highest BCUT2D eigenvalue weighted by Gasteiger charge is 2.17. The lowest BCUT2D eigenvalue weighted by molar-refractivity contribution is 0.237. The van der Waals surface area contributed by atoms with E-state index in [0.717, 1.165) is 23.2 Å². The van der Waals surface area contributed by atoms with Gasteiger partial charge in [0, 0.05) is 11.9 Å². The molecule has 2 N–H and O–H groups in total. The molecule has 0 aliphatic carbocycles. The number of hydrogen-bond donors (Lipinski definition) is 2. The summed E-state index contributed by atoms with van der Waals surface area (Å²) in [5, 5.41) is 15.3. The minimum Gasteiger partial charge on any atom is -0.485 e. The van der Waals surface area contributed by atoms with Gasteiger partial charge in [0.05, 0.1) is 23.7 Å². The summed E-state index contributed by atoms with van der Waals surface area (Å²) in [6.07, 6.45) is 4.07. The summed E-state index contributed by atoms with van der Waals surface area (Å²) in [4.78, 5) is 13.1. The normalized spacial score (nSPS) is 11.4. The molecular weight excluding hydrogens is 364 g/mol. The van der Waals surface area contributed by atoms with E-state index < -0.39 is 0 Å².